The summed E-state index contributed by atoms with van der Waals surface area (Å²) in [5.74, 6) is 1.10. The van der Waals surface area contributed by atoms with Crippen molar-refractivity contribution in [3.63, 3.8) is 0 Å². The molecule has 0 bridgehead atoms. The number of ether oxygens (including phenoxy) is 2. The van der Waals surface area contributed by atoms with Crippen LogP contribution in [0.15, 0.2) is 35.2 Å². The van der Waals surface area contributed by atoms with Crippen LogP contribution in [0.4, 0.5) is 10.1 Å². The molecule has 2 aromatic carbocycles. The highest BCUT2D eigenvalue weighted by Gasteiger charge is 2.23. The minimum Gasteiger partial charge on any atom is -0.496 e. The first kappa shape index (κ1) is 16.2. The highest BCUT2D eigenvalue weighted by Crippen LogP contribution is 2.41. The zero-order valence-corrected chi connectivity index (χ0v) is 14.0. The molecule has 1 aliphatic rings. The predicted molar refractivity (Wildman–Crippen MR) is 91.1 cm³/mol. The molecule has 1 atom stereocenters. The lowest BCUT2D eigenvalue weighted by Crippen LogP contribution is -2.34. The highest BCUT2D eigenvalue weighted by molar-refractivity contribution is 8.00. The van der Waals surface area contributed by atoms with E-state index in [0.29, 0.717) is 18.7 Å². The fourth-order valence-corrected chi connectivity index (χ4v) is 3.34. The Morgan fingerprint density at radius 2 is 2.22 bits per heavy atom. The third-order valence-electron chi connectivity index (χ3n) is 3.51. The third kappa shape index (κ3) is 3.49. The monoisotopic (exact) mass is 354 g/mol. The van der Waals surface area contributed by atoms with Gasteiger partial charge in [-0.3, -0.25) is 0 Å². The molecule has 0 aliphatic carbocycles. The van der Waals surface area contributed by atoms with Crippen LogP contribution in [0.5, 0.6) is 11.5 Å². The highest BCUT2D eigenvalue weighted by atomic mass is 35.5. The largest absolute Gasteiger partial charge is 0.496 e. The average Bonchev–Trinajstić information content (AvgIpc) is 2.55. The van der Waals surface area contributed by atoms with Gasteiger partial charge < -0.3 is 19.9 Å². The standard InChI is InChI=1S/C16H16ClFN2O2S/c1-21-14-4-5-15(16-11(14)6-9(19)8-22-16)23-20-10-2-3-13(18)12(17)7-10/h2-5,7,9,20H,6,8,19H2,1H3/t9-/m1/s1. The third-order valence-corrected chi connectivity index (χ3v) is 4.68. The Kier molecular flexibility index (Phi) is 4.84. The second-order valence-corrected chi connectivity index (χ2v) is 6.44. The fourth-order valence-electron chi connectivity index (χ4n) is 2.40. The van der Waals surface area contributed by atoms with Gasteiger partial charge in [0, 0.05) is 17.3 Å². The van der Waals surface area contributed by atoms with Crippen molar-refractivity contribution >= 4 is 29.2 Å². The second kappa shape index (κ2) is 6.86. The van der Waals surface area contributed by atoms with Crippen molar-refractivity contribution < 1.29 is 13.9 Å². The average molecular weight is 355 g/mol. The molecular weight excluding hydrogens is 339 g/mol. The van der Waals surface area contributed by atoms with Crippen LogP contribution in [0, 0.1) is 5.82 Å². The zero-order chi connectivity index (χ0) is 16.4. The van der Waals surface area contributed by atoms with Gasteiger partial charge in [0.25, 0.3) is 0 Å². The first-order valence-corrected chi connectivity index (χ1v) is 8.24. The summed E-state index contributed by atoms with van der Waals surface area (Å²) in [6.45, 7) is 0.468. The van der Waals surface area contributed by atoms with Crippen molar-refractivity contribution in [2.45, 2.75) is 17.4 Å². The molecule has 0 amide bonds. The van der Waals surface area contributed by atoms with Gasteiger partial charge in [0.05, 0.1) is 17.0 Å². The van der Waals surface area contributed by atoms with Gasteiger partial charge in [-0.25, -0.2) is 4.39 Å². The summed E-state index contributed by atoms with van der Waals surface area (Å²) in [6.07, 6.45) is 0.704. The molecule has 3 N–H and O–H groups in total. The normalized spacial score (nSPS) is 16.4. The van der Waals surface area contributed by atoms with Gasteiger partial charge in [-0.1, -0.05) is 11.6 Å². The smallest absolute Gasteiger partial charge is 0.141 e. The van der Waals surface area contributed by atoms with E-state index in [1.807, 2.05) is 12.1 Å². The van der Waals surface area contributed by atoms with E-state index in [4.69, 9.17) is 26.8 Å². The number of nitrogens with one attached hydrogen (secondary N) is 1. The van der Waals surface area contributed by atoms with E-state index in [0.717, 1.165) is 22.0 Å². The Labute approximate surface area is 143 Å². The summed E-state index contributed by atoms with van der Waals surface area (Å²) in [4.78, 5) is 0.910. The van der Waals surface area contributed by atoms with Crippen LogP contribution in [0.2, 0.25) is 5.02 Å². The molecule has 0 saturated heterocycles. The summed E-state index contributed by atoms with van der Waals surface area (Å²) < 4.78 is 27.5. The van der Waals surface area contributed by atoms with Crippen molar-refractivity contribution in [3.8, 4) is 11.5 Å². The van der Waals surface area contributed by atoms with Gasteiger partial charge in [-0.05, 0) is 48.7 Å². The molecule has 7 heteroatoms. The van der Waals surface area contributed by atoms with E-state index < -0.39 is 5.82 Å². The Bertz CT molecular complexity index is 729. The molecule has 4 nitrogen and oxygen atoms in total. The number of benzene rings is 2. The van der Waals surface area contributed by atoms with E-state index >= 15 is 0 Å². The molecule has 2 aromatic rings. The molecule has 0 fully saturated rings. The Morgan fingerprint density at radius 1 is 1.39 bits per heavy atom. The number of nitrogens with two attached hydrogens (primary N) is 1. The predicted octanol–water partition coefficient (Wildman–Crippen LogP) is 3.87. The van der Waals surface area contributed by atoms with E-state index in [-0.39, 0.29) is 11.1 Å². The van der Waals surface area contributed by atoms with E-state index in [1.54, 1.807) is 13.2 Å². The van der Waals surface area contributed by atoms with Gasteiger partial charge >= 0.3 is 0 Å². The van der Waals surface area contributed by atoms with Crippen LogP contribution in [0.1, 0.15) is 5.56 Å². The SMILES string of the molecule is COc1ccc(SNc2ccc(F)c(Cl)c2)c2c1C[C@@H](N)CO2. The summed E-state index contributed by atoms with van der Waals surface area (Å²) in [5.41, 5.74) is 7.64. The molecule has 23 heavy (non-hydrogen) atoms. The summed E-state index contributed by atoms with van der Waals surface area (Å²) in [5, 5.41) is 0.0783. The molecule has 3 rings (SSSR count). The number of anilines is 1. The van der Waals surface area contributed by atoms with Crippen LogP contribution >= 0.6 is 23.5 Å². The molecule has 0 aromatic heterocycles. The van der Waals surface area contributed by atoms with Crippen molar-refractivity contribution in [3.05, 3.63) is 46.7 Å². The van der Waals surface area contributed by atoms with Crippen molar-refractivity contribution in [2.24, 2.45) is 5.73 Å². The van der Waals surface area contributed by atoms with E-state index in [9.17, 15) is 4.39 Å². The Morgan fingerprint density at radius 3 is 2.96 bits per heavy atom. The lowest BCUT2D eigenvalue weighted by Gasteiger charge is -2.26. The number of hydrogen-bond donors (Lipinski definition) is 2. The van der Waals surface area contributed by atoms with Crippen LogP contribution in [0.25, 0.3) is 0 Å². The van der Waals surface area contributed by atoms with Crippen molar-refractivity contribution in [1.82, 2.24) is 0 Å². The maximum Gasteiger partial charge on any atom is 0.141 e. The first-order valence-electron chi connectivity index (χ1n) is 7.04. The first-order chi connectivity index (χ1) is 11.1. The molecule has 0 spiro atoms. The second-order valence-electron chi connectivity index (χ2n) is 5.18. The molecule has 0 radical (unpaired) electrons. The van der Waals surface area contributed by atoms with Crippen LogP contribution in [-0.4, -0.2) is 19.8 Å². The van der Waals surface area contributed by atoms with E-state index in [2.05, 4.69) is 4.72 Å². The maximum absolute atomic E-state index is 13.2. The van der Waals surface area contributed by atoms with Crippen LogP contribution in [-0.2, 0) is 6.42 Å². The molecule has 1 aliphatic heterocycles. The number of halogens is 2. The zero-order valence-electron chi connectivity index (χ0n) is 12.4. The number of methoxy groups -OCH3 is 1. The van der Waals surface area contributed by atoms with Crippen molar-refractivity contribution in [2.75, 3.05) is 18.4 Å². The summed E-state index contributed by atoms with van der Waals surface area (Å²) in [7, 11) is 1.63. The summed E-state index contributed by atoms with van der Waals surface area (Å²) >= 11 is 7.16. The van der Waals surface area contributed by atoms with E-state index in [1.165, 1.54) is 24.1 Å². The topological polar surface area (TPSA) is 56.5 Å². The minimum absolute atomic E-state index is 0.0412. The van der Waals surface area contributed by atoms with Gasteiger partial charge in [0.2, 0.25) is 0 Å². The number of fused-ring (bicyclic) bond motifs is 1. The molecule has 1 heterocycles. The molecule has 0 unspecified atom stereocenters. The van der Waals surface area contributed by atoms with Crippen LogP contribution < -0.4 is 19.9 Å². The van der Waals surface area contributed by atoms with Gasteiger partial charge in [-0.2, -0.15) is 0 Å². The maximum atomic E-state index is 13.2. The fraction of sp³-hybridized carbons (Fsp3) is 0.250. The lowest BCUT2D eigenvalue weighted by molar-refractivity contribution is 0.252. The lowest BCUT2D eigenvalue weighted by atomic mass is 10.0. The number of rotatable bonds is 4. The van der Waals surface area contributed by atoms with Crippen molar-refractivity contribution in [1.29, 1.82) is 0 Å². The van der Waals surface area contributed by atoms with Gasteiger partial charge in [0.1, 0.15) is 23.9 Å². The van der Waals surface area contributed by atoms with Gasteiger partial charge in [-0.15, -0.1) is 0 Å². The Hall–Kier alpha value is -1.63. The summed E-state index contributed by atoms with van der Waals surface area (Å²) in [6, 6.07) is 8.25. The minimum atomic E-state index is -0.443. The quantitative estimate of drug-likeness (QED) is 0.816. The molecule has 122 valence electrons. The molecular formula is C16H16ClFN2O2S. The molecule has 0 saturated carbocycles. The Balaban J connectivity index is 1.83. The van der Waals surface area contributed by atoms with Gasteiger partial charge in [0.15, 0.2) is 0 Å². The number of hydrogen-bond acceptors (Lipinski definition) is 5. The van der Waals surface area contributed by atoms with Crippen LogP contribution in [0.3, 0.4) is 0 Å².